The Morgan fingerprint density at radius 3 is 2.62 bits per heavy atom. The molecule has 3 aromatic rings. The highest BCUT2D eigenvalue weighted by Crippen LogP contribution is 2.31. The Morgan fingerprint density at radius 2 is 1.95 bits per heavy atom. The van der Waals surface area contributed by atoms with Crippen molar-refractivity contribution in [3.05, 3.63) is 50.4 Å². The maximum absolute atomic E-state index is 6.41. The summed E-state index contributed by atoms with van der Waals surface area (Å²) in [4.78, 5) is 9.20. The van der Waals surface area contributed by atoms with E-state index in [0.29, 0.717) is 5.02 Å². The molecule has 0 radical (unpaired) electrons. The van der Waals surface area contributed by atoms with Crippen molar-refractivity contribution in [1.29, 1.82) is 0 Å². The normalized spacial score (nSPS) is 12.8. The molecule has 3 rings (SSSR count). The van der Waals surface area contributed by atoms with Crippen LogP contribution in [0, 0.1) is 10.5 Å². The van der Waals surface area contributed by atoms with Gasteiger partial charge in [-0.2, -0.15) is 0 Å². The Hall–Kier alpha value is -0.850. The van der Waals surface area contributed by atoms with Gasteiger partial charge in [-0.3, -0.25) is 4.57 Å². The van der Waals surface area contributed by atoms with Crippen LogP contribution in [0.4, 0.5) is 0 Å². The van der Waals surface area contributed by atoms with E-state index in [4.69, 9.17) is 23.2 Å². The van der Waals surface area contributed by atoms with E-state index in [9.17, 15) is 0 Å². The van der Waals surface area contributed by atoms with Crippen LogP contribution >= 0.6 is 45.8 Å². The lowest BCUT2D eigenvalue weighted by atomic mass is 10.3. The number of fused-ring (bicyclic) bond motifs is 1. The first-order chi connectivity index (χ1) is 9.97. The van der Waals surface area contributed by atoms with Crippen LogP contribution in [0.1, 0.15) is 23.8 Å². The summed E-state index contributed by atoms with van der Waals surface area (Å²) in [5.74, 6) is 0.743. The van der Waals surface area contributed by atoms with Gasteiger partial charge in [0.05, 0.1) is 16.1 Å². The quantitative estimate of drug-likeness (QED) is 0.407. The Labute approximate surface area is 146 Å². The van der Waals surface area contributed by atoms with Crippen molar-refractivity contribution in [2.24, 2.45) is 0 Å². The van der Waals surface area contributed by atoms with Crippen molar-refractivity contribution in [1.82, 2.24) is 14.5 Å². The van der Waals surface area contributed by atoms with Crippen LogP contribution in [0.15, 0.2) is 30.3 Å². The number of rotatable bonds is 2. The zero-order valence-corrected chi connectivity index (χ0v) is 15.1. The molecule has 0 N–H and O–H groups in total. The van der Waals surface area contributed by atoms with Crippen LogP contribution < -0.4 is 0 Å². The smallest absolute Gasteiger partial charge is 0.165 e. The lowest BCUT2D eigenvalue weighted by Gasteiger charge is -2.12. The minimum atomic E-state index is -0.241. The van der Waals surface area contributed by atoms with Gasteiger partial charge >= 0.3 is 0 Å². The van der Waals surface area contributed by atoms with E-state index in [1.807, 2.05) is 48.7 Å². The minimum Gasteiger partial charge on any atom is -0.278 e. The molecule has 0 amide bonds. The highest BCUT2D eigenvalue weighted by molar-refractivity contribution is 14.1. The number of aryl methyl sites for hydroxylation is 1. The van der Waals surface area contributed by atoms with Gasteiger partial charge in [0.25, 0.3) is 0 Å². The van der Waals surface area contributed by atoms with Gasteiger partial charge in [0.2, 0.25) is 0 Å². The summed E-state index contributed by atoms with van der Waals surface area (Å²) in [5, 5.41) is 0.415. The third-order valence-electron chi connectivity index (χ3n) is 3.18. The molecule has 0 saturated heterocycles. The summed E-state index contributed by atoms with van der Waals surface area (Å²) < 4.78 is 3.02. The molecule has 0 fully saturated rings. The van der Waals surface area contributed by atoms with Crippen molar-refractivity contribution in [2.75, 3.05) is 0 Å². The van der Waals surface area contributed by atoms with Crippen molar-refractivity contribution < 1.29 is 0 Å². The Kier molecular flexibility index (Phi) is 4.12. The molecule has 1 aromatic carbocycles. The van der Waals surface area contributed by atoms with Crippen LogP contribution in [-0.4, -0.2) is 14.5 Å². The van der Waals surface area contributed by atoms with E-state index in [1.165, 1.54) is 0 Å². The van der Waals surface area contributed by atoms with Crippen LogP contribution in [-0.2, 0) is 0 Å². The zero-order chi connectivity index (χ0) is 15.1. The van der Waals surface area contributed by atoms with Gasteiger partial charge in [0, 0.05) is 9.26 Å². The number of benzene rings is 1. The molecule has 0 aliphatic rings. The van der Waals surface area contributed by atoms with Gasteiger partial charge in [-0.05, 0) is 66.8 Å². The molecule has 108 valence electrons. The summed E-state index contributed by atoms with van der Waals surface area (Å²) in [6, 6.07) is 9.79. The number of hydrogen-bond acceptors (Lipinski definition) is 2. The lowest BCUT2D eigenvalue weighted by molar-refractivity contribution is 0.876. The first-order valence-corrected chi connectivity index (χ1v) is 8.32. The van der Waals surface area contributed by atoms with Crippen LogP contribution in [0.2, 0.25) is 5.02 Å². The molecule has 0 spiro atoms. The predicted octanol–water partition coefficient (Wildman–Crippen LogP) is 5.29. The van der Waals surface area contributed by atoms with Gasteiger partial charge in [-0.15, -0.1) is 11.6 Å². The zero-order valence-electron chi connectivity index (χ0n) is 11.4. The standard InChI is InChI=1S/C15H12Cl2IN3/c1-8-3-5-12-15(19-8)21(14(20-12)9(2)16)13-6-4-10(18)7-11(13)17/h3-7,9H,1-2H3. The van der Waals surface area contributed by atoms with E-state index < -0.39 is 0 Å². The van der Waals surface area contributed by atoms with E-state index in [0.717, 1.165) is 31.9 Å². The molecule has 1 unspecified atom stereocenters. The molecular formula is C15H12Cl2IN3. The predicted molar refractivity (Wildman–Crippen MR) is 95.6 cm³/mol. The minimum absolute atomic E-state index is 0.241. The molecule has 0 aliphatic carbocycles. The van der Waals surface area contributed by atoms with Gasteiger partial charge in [-0.25, -0.2) is 9.97 Å². The largest absolute Gasteiger partial charge is 0.278 e. The fourth-order valence-electron chi connectivity index (χ4n) is 2.24. The molecular weight excluding hydrogens is 420 g/mol. The van der Waals surface area contributed by atoms with Crippen molar-refractivity contribution >= 4 is 57.0 Å². The van der Waals surface area contributed by atoms with Gasteiger partial charge in [-0.1, -0.05) is 11.6 Å². The summed E-state index contributed by atoms with van der Waals surface area (Å²) >= 11 is 14.9. The van der Waals surface area contributed by atoms with E-state index in [2.05, 4.69) is 32.6 Å². The first-order valence-electron chi connectivity index (χ1n) is 6.43. The lowest BCUT2D eigenvalue weighted by Crippen LogP contribution is -2.04. The average molecular weight is 432 g/mol. The maximum atomic E-state index is 6.41. The Morgan fingerprint density at radius 1 is 1.19 bits per heavy atom. The van der Waals surface area contributed by atoms with E-state index >= 15 is 0 Å². The van der Waals surface area contributed by atoms with Crippen LogP contribution in [0.5, 0.6) is 0 Å². The summed E-state index contributed by atoms with van der Waals surface area (Å²) in [6.45, 7) is 3.85. The molecule has 6 heteroatoms. The summed E-state index contributed by atoms with van der Waals surface area (Å²) in [7, 11) is 0. The van der Waals surface area contributed by atoms with Gasteiger partial charge in [0.1, 0.15) is 11.3 Å². The molecule has 3 nitrogen and oxygen atoms in total. The molecule has 0 saturated carbocycles. The SMILES string of the molecule is Cc1ccc2nc(C(C)Cl)n(-c3ccc(I)cc3Cl)c2n1. The second kappa shape index (κ2) is 5.74. The van der Waals surface area contributed by atoms with Gasteiger partial charge < -0.3 is 0 Å². The fraction of sp³-hybridized carbons (Fsp3) is 0.200. The monoisotopic (exact) mass is 431 g/mol. The Bertz CT molecular complexity index is 827. The highest BCUT2D eigenvalue weighted by Gasteiger charge is 2.19. The Balaban J connectivity index is 2.38. The number of halogens is 3. The number of hydrogen-bond donors (Lipinski definition) is 0. The number of nitrogens with zero attached hydrogens (tertiary/aromatic N) is 3. The van der Waals surface area contributed by atoms with Crippen LogP contribution in [0.25, 0.3) is 16.9 Å². The first kappa shape index (κ1) is 15.1. The second-order valence-electron chi connectivity index (χ2n) is 4.81. The molecule has 2 aromatic heterocycles. The van der Waals surface area contributed by atoms with E-state index in [1.54, 1.807) is 0 Å². The van der Waals surface area contributed by atoms with Crippen molar-refractivity contribution in [3.8, 4) is 5.69 Å². The number of alkyl halides is 1. The second-order valence-corrected chi connectivity index (χ2v) is 7.12. The number of aromatic nitrogens is 3. The fourth-order valence-corrected chi connectivity index (χ4v) is 3.32. The third kappa shape index (κ3) is 2.76. The molecule has 21 heavy (non-hydrogen) atoms. The topological polar surface area (TPSA) is 30.7 Å². The van der Waals surface area contributed by atoms with Crippen LogP contribution in [0.3, 0.4) is 0 Å². The highest BCUT2D eigenvalue weighted by atomic mass is 127. The number of imidazole rings is 1. The summed E-state index contributed by atoms with van der Waals surface area (Å²) in [6.07, 6.45) is 0. The maximum Gasteiger partial charge on any atom is 0.165 e. The third-order valence-corrected chi connectivity index (χ3v) is 4.34. The van der Waals surface area contributed by atoms with Crippen molar-refractivity contribution in [2.45, 2.75) is 19.2 Å². The molecule has 2 heterocycles. The van der Waals surface area contributed by atoms with E-state index in [-0.39, 0.29) is 5.38 Å². The van der Waals surface area contributed by atoms with Gasteiger partial charge in [0.15, 0.2) is 5.65 Å². The molecule has 0 aliphatic heterocycles. The molecule has 1 atom stereocenters. The number of pyridine rings is 1. The van der Waals surface area contributed by atoms with Crippen molar-refractivity contribution in [3.63, 3.8) is 0 Å². The molecule has 0 bridgehead atoms. The summed E-state index contributed by atoms with van der Waals surface area (Å²) in [5.41, 5.74) is 3.37. The average Bonchev–Trinajstić information content (AvgIpc) is 2.77.